The third-order valence-corrected chi connectivity index (χ3v) is 3.09. The first kappa shape index (κ1) is 12.6. The molecule has 0 atom stereocenters. The van der Waals surface area contributed by atoms with Crippen LogP contribution in [-0.2, 0) is 6.54 Å². The fourth-order valence-corrected chi connectivity index (χ4v) is 1.92. The molecule has 4 nitrogen and oxygen atoms in total. The van der Waals surface area contributed by atoms with E-state index in [9.17, 15) is 4.79 Å². The van der Waals surface area contributed by atoms with E-state index in [2.05, 4.69) is 26.2 Å². The molecule has 2 rings (SSSR count). The number of nitrogens with zero attached hydrogens (tertiary/aromatic N) is 1. The summed E-state index contributed by atoms with van der Waals surface area (Å²) in [4.78, 5) is 15.0. The molecule has 92 valence electrons. The number of nitrogens with one attached hydrogen (secondary N) is 1. The lowest BCUT2D eigenvalue weighted by molar-refractivity contribution is 0.0696. The molecule has 0 aliphatic carbocycles. The van der Waals surface area contributed by atoms with E-state index in [1.807, 2.05) is 24.3 Å². The minimum Gasteiger partial charge on any atom is -0.478 e. The number of hydrogen-bond acceptors (Lipinski definition) is 3. The summed E-state index contributed by atoms with van der Waals surface area (Å²) in [5.74, 6) is -0.945. The van der Waals surface area contributed by atoms with Gasteiger partial charge >= 0.3 is 5.97 Å². The van der Waals surface area contributed by atoms with Crippen LogP contribution in [0.1, 0.15) is 16.1 Å². The van der Waals surface area contributed by atoms with Gasteiger partial charge in [0.1, 0.15) is 0 Å². The van der Waals surface area contributed by atoms with Crippen LogP contribution in [0.2, 0.25) is 0 Å². The van der Waals surface area contributed by atoms with Crippen molar-refractivity contribution in [3.05, 3.63) is 58.3 Å². The van der Waals surface area contributed by atoms with Crippen molar-refractivity contribution in [1.29, 1.82) is 0 Å². The molecule has 2 N–H and O–H groups in total. The van der Waals surface area contributed by atoms with Crippen LogP contribution >= 0.6 is 15.9 Å². The van der Waals surface area contributed by atoms with Crippen LogP contribution in [0.4, 0.5) is 5.69 Å². The molecule has 0 radical (unpaired) electrons. The van der Waals surface area contributed by atoms with Gasteiger partial charge in [0, 0.05) is 16.4 Å². The van der Waals surface area contributed by atoms with E-state index in [1.165, 1.54) is 12.3 Å². The Morgan fingerprint density at radius 2 is 2.11 bits per heavy atom. The van der Waals surface area contributed by atoms with Crippen LogP contribution in [0.5, 0.6) is 0 Å². The van der Waals surface area contributed by atoms with Crippen LogP contribution in [-0.4, -0.2) is 16.1 Å². The number of anilines is 1. The number of hydrogen-bond donors (Lipinski definition) is 2. The number of carboxylic acids is 1. The molecular formula is C13H11BrN2O2. The fourth-order valence-electron chi connectivity index (χ4n) is 1.50. The van der Waals surface area contributed by atoms with Crippen LogP contribution in [0.3, 0.4) is 0 Å². The number of rotatable bonds is 4. The normalized spacial score (nSPS) is 10.1. The van der Waals surface area contributed by atoms with Crippen molar-refractivity contribution in [2.75, 3.05) is 5.32 Å². The molecule has 0 amide bonds. The first-order valence-electron chi connectivity index (χ1n) is 5.33. The average molecular weight is 307 g/mol. The molecule has 1 aromatic carbocycles. The van der Waals surface area contributed by atoms with Crippen LogP contribution in [0.15, 0.2) is 47.1 Å². The van der Waals surface area contributed by atoms with E-state index in [4.69, 9.17) is 5.11 Å². The van der Waals surface area contributed by atoms with Gasteiger partial charge in [-0.3, -0.25) is 4.98 Å². The summed E-state index contributed by atoms with van der Waals surface area (Å²) in [6.45, 7) is 0.476. The fraction of sp³-hybridized carbons (Fsp3) is 0.0769. The quantitative estimate of drug-likeness (QED) is 0.911. The molecule has 0 fully saturated rings. The molecule has 0 saturated carbocycles. The monoisotopic (exact) mass is 306 g/mol. The van der Waals surface area contributed by atoms with Gasteiger partial charge in [0.05, 0.1) is 17.8 Å². The lowest BCUT2D eigenvalue weighted by Crippen LogP contribution is -2.04. The molecule has 18 heavy (non-hydrogen) atoms. The second-order valence-corrected chi connectivity index (χ2v) is 4.53. The van der Waals surface area contributed by atoms with E-state index < -0.39 is 5.97 Å². The third kappa shape index (κ3) is 3.07. The zero-order chi connectivity index (χ0) is 13.0. The Kier molecular flexibility index (Phi) is 3.94. The second-order valence-electron chi connectivity index (χ2n) is 3.67. The Balaban J connectivity index is 2.09. The summed E-state index contributed by atoms with van der Waals surface area (Å²) in [6.07, 6.45) is 1.50. The van der Waals surface area contributed by atoms with Crippen molar-refractivity contribution in [2.45, 2.75) is 6.54 Å². The lowest BCUT2D eigenvalue weighted by Gasteiger charge is -2.08. The number of para-hydroxylation sites is 1. The highest BCUT2D eigenvalue weighted by Gasteiger charge is 2.04. The standard InChI is InChI=1S/C13H11BrN2O2/c14-11-3-1-2-4-12(11)16-8-10-7-9(13(17)18)5-6-15-10/h1-7,16H,8H2,(H,17,18). The Labute approximate surface area is 113 Å². The Morgan fingerprint density at radius 3 is 2.83 bits per heavy atom. The van der Waals surface area contributed by atoms with Crippen molar-refractivity contribution in [2.24, 2.45) is 0 Å². The summed E-state index contributed by atoms with van der Waals surface area (Å²) < 4.78 is 0.958. The molecule has 1 heterocycles. The van der Waals surface area contributed by atoms with Gasteiger partial charge in [0.25, 0.3) is 0 Å². The topological polar surface area (TPSA) is 62.2 Å². The highest BCUT2D eigenvalue weighted by molar-refractivity contribution is 9.10. The largest absolute Gasteiger partial charge is 0.478 e. The number of benzene rings is 1. The van der Waals surface area contributed by atoms with Gasteiger partial charge in [-0.15, -0.1) is 0 Å². The van der Waals surface area contributed by atoms with Crippen LogP contribution in [0, 0.1) is 0 Å². The predicted molar refractivity (Wildman–Crippen MR) is 72.7 cm³/mol. The maximum atomic E-state index is 10.8. The van der Waals surface area contributed by atoms with E-state index >= 15 is 0 Å². The molecule has 2 aromatic rings. The zero-order valence-corrected chi connectivity index (χ0v) is 11.0. The van der Waals surface area contributed by atoms with Gasteiger partial charge in [0.15, 0.2) is 0 Å². The summed E-state index contributed by atoms with van der Waals surface area (Å²) in [7, 11) is 0. The zero-order valence-electron chi connectivity index (χ0n) is 9.43. The number of halogens is 1. The molecule has 0 bridgehead atoms. The Hall–Kier alpha value is -1.88. The summed E-state index contributed by atoms with van der Waals surface area (Å²) in [6, 6.07) is 10.8. The molecule has 0 spiro atoms. The smallest absolute Gasteiger partial charge is 0.335 e. The van der Waals surface area contributed by atoms with E-state index in [1.54, 1.807) is 6.07 Å². The van der Waals surface area contributed by atoms with Crippen molar-refractivity contribution >= 4 is 27.6 Å². The van der Waals surface area contributed by atoms with Crippen LogP contribution in [0.25, 0.3) is 0 Å². The minimum atomic E-state index is -0.945. The second kappa shape index (κ2) is 5.64. The highest BCUT2D eigenvalue weighted by Crippen LogP contribution is 2.21. The molecule has 0 aliphatic rings. The maximum absolute atomic E-state index is 10.8. The third-order valence-electron chi connectivity index (χ3n) is 2.40. The van der Waals surface area contributed by atoms with Crippen molar-refractivity contribution in [3.63, 3.8) is 0 Å². The van der Waals surface area contributed by atoms with Crippen molar-refractivity contribution in [1.82, 2.24) is 4.98 Å². The van der Waals surface area contributed by atoms with Gasteiger partial charge in [-0.25, -0.2) is 4.79 Å². The number of aromatic carboxylic acids is 1. The first-order valence-corrected chi connectivity index (χ1v) is 6.13. The molecule has 1 aromatic heterocycles. The minimum absolute atomic E-state index is 0.244. The summed E-state index contributed by atoms with van der Waals surface area (Å²) >= 11 is 3.43. The predicted octanol–water partition coefficient (Wildman–Crippen LogP) is 3.15. The molecular weight excluding hydrogens is 296 g/mol. The summed E-state index contributed by atoms with van der Waals surface area (Å²) in [5, 5.41) is 12.1. The summed E-state index contributed by atoms with van der Waals surface area (Å²) in [5.41, 5.74) is 1.87. The van der Waals surface area contributed by atoms with Gasteiger partial charge in [0.2, 0.25) is 0 Å². The molecule has 0 aliphatic heterocycles. The Bertz CT molecular complexity index is 572. The highest BCUT2D eigenvalue weighted by atomic mass is 79.9. The van der Waals surface area contributed by atoms with Crippen LogP contribution < -0.4 is 5.32 Å². The number of carboxylic acid groups (broad SMARTS) is 1. The molecule has 0 saturated heterocycles. The van der Waals surface area contributed by atoms with E-state index in [-0.39, 0.29) is 5.56 Å². The first-order chi connectivity index (χ1) is 8.66. The van der Waals surface area contributed by atoms with E-state index in [0.717, 1.165) is 10.2 Å². The molecule has 5 heteroatoms. The molecule has 0 unspecified atom stereocenters. The number of carbonyl (C=O) groups is 1. The van der Waals surface area contributed by atoms with E-state index in [0.29, 0.717) is 12.2 Å². The lowest BCUT2D eigenvalue weighted by atomic mass is 10.2. The van der Waals surface area contributed by atoms with Gasteiger partial charge in [-0.1, -0.05) is 12.1 Å². The van der Waals surface area contributed by atoms with Gasteiger partial charge in [-0.2, -0.15) is 0 Å². The van der Waals surface area contributed by atoms with Gasteiger partial charge in [-0.05, 0) is 40.2 Å². The van der Waals surface area contributed by atoms with Crippen molar-refractivity contribution in [3.8, 4) is 0 Å². The average Bonchev–Trinajstić information content (AvgIpc) is 2.38. The number of pyridine rings is 1. The number of aromatic nitrogens is 1. The maximum Gasteiger partial charge on any atom is 0.335 e. The van der Waals surface area contributed by atoms with Crippen molar-refractivity contribution < 1.29 is 9.90 Å². The SMILES string of the molecule is O=C(O)c1ccnc(CNc2ccccc2Br)c1. The Morgan fingerprint density at radius 1 is 1.33 bits per heavy atom. The van der Waals surface area contributed by atoms with Gasteiger partial charge < -0.3 is 10.4 Å².